The van der Waals surface area contributed by atoms with Gasteiger partial charge in [0.15, 0.2) is 5.82 Å². The normalized spacial score (nSPS) is 10.1. The average molecular weight is 223 g/mol. The zero-order valence-electron chi connectivity index (χ0n) is 9.60. The Morgan fingerprint density at radius 1 is 1.62 bits per heavy atom. The van der Waals surface area contributed by atoms with Crippen LogP contribution in [0.2, 0.25) is 0 Å². The fourth-order valence-corrected chi connectivity index (χ4v) is 1.27. The molecule has 0 radical (unpaired) electrons. The minimum absolute atomic E-state index is 0.00633. The number of anilines is 1. The Balaban J connectivity index is 2.74. The number of nitrogens with two attached hydrogens (primary N) is 1. The van der Waals surface area contributed by atoms with Crippen molar-refractivity contribution in [1.29, 1.82) is 5.41 Å². The number of likely N-dealkylation sites (N-methyl/N-ethyl adjacent to an activating group) is 1. The van der Waals surface area contributed by atoms with E-state index in [1.807, 2.05) is 18.9 Å². The highest BCUT2D eigenvalue weighted by Gasteiger charge is 2.11. The molecule has 0 aliphatic heterocycles. The number of nitrogens with zero attached hydrogens (tertiary/aromatic N) is 3. The molecule has 6 nitrogen and oxygen atoms in total. The van der Waals surface area contributed by atoms with Crippen LogP contribution < -0.4 is 10.6 Å². The number of hydrogen-bond acceptors (Lipinski definition) is 5. The van der Waals surface area contributed by atoms with E-state index in [2.05, 4.69) is 10.2 Å². The first-order valence-electron chi connectivity index (χ1n) is 5.11. The van der Waals surface area contributed by atoms with Crippen molar-refractivity contribution < 1.29 is 4.74 Å². The van der Waals surface area contributed by atoms with Gasteiger partial charge in [0.2, 0.25) is 0 Å². The van der Waals surface area contributed by atoms with Crippen LogP contribution in [0.5, 0.6) is 0 Å². The maximum atomic E-state index is 7.43. The molecule has 0 saturated heterocycles. The summed E-state index contributed by atoms with van der Waals surface area (Å²) in [5.74, 6) is 0.600. The third-order valence-corrected chi connectivity index (χ3v) is 2.13. The zero-order valence-corrected chi connectivity index (χ0v) is 9.60. The molecule has 0 spiro atoms. The lowest BCUT2D eigenvalue weighted by molar-refractivity contribution is 0.154. The largest absolute Gasteiger partial charge is 0.384 e. The molecule has 0 aromatic carbocycles. The Morgan fingerprint density at radius 2 is 2.38 bits per heavy atom. The Kier molecular flexibility index (Phi) is 4.65. The van der Waals surface area contributed by atoms with Crippen LogP contribution in [-0.2, 0) is 4.74 Å². The van der Waals surface area contributed by atoms with E-state index in [0.29, 0.717) is 31.1 Å². The molecular weight excluding hydrogens is 206 g/mol. The SMILES string of the molecule is CCOCCN(C)c1nnccc1C(=N)N. The van der Waals surface area contributed by atoms with Gasteiger partial charge in [-0.25, -0.2) is 0 Å². The molecule has 0 unspecified atom stereocenters. The molecule has 1 aromatic rings. The number of hydrogen-bond donors (Lipinski definition) is 2. The van der Waals surface area contributed by atoms with Crippen LogP contribution in [0.3, 0.4) is 0 Å². The first-order valence-corrected chi connectivity index (χ1v) is 5.11. The number of aromatic nitrogens is 2. The van der Waals surface area contributed by atoms with Crippen molar-refractivity contribution in [3.05, 3.63) is 17.8 Å². The average Bonchev–Trinajstić information content (AvgIpc) is 2.29. The highest BCUT2D eigenvalue weighted by molar-refractivity contribution is 5.99. The summed E-state index contributed by atoms with van der Waals surface area (Å²) >= 11 is 0. The lowest BCUT2D eigenvalue weighted by Gasteiger charge is -2.19. The summed E-state index contributed by atoms with van der Waals surface area (Å²) in [5.41, 5.74) is 6.06. The molecule has 1 heterocycles. The van der Waals surface area contributed by atoms with E-state index in [1.54, 1.807) is 6.07 Å². The number of nitrogens with one attached hydrogen (secondary N) is 1. The van der Waals surface area contributed by atoms with Gasteiger partial charge in [-0.3, -0.25) is 5.41 Å². The van der Waals surface area contributed by atoms with Crippen molar-refractivity contribution in [3.63, 3.8) is 0 Å². The molecular formula is C10H17N5O. The zero-order chi connectivity index (χ0) is 12.0. The van der Waals surface area contributed by atoms with E-state index in [4.69, 9.17) is 15.9 Å². The van der Waals surface area contributed by atoms with Gasteiger partial charge < -0.3 is 15.4 Å². The Morgan fingerprint density at radius 3 is 3.00 bits per heavy atom. The molecule has 0 bridgehead atoms. The van der Waals surface area contributed by atoms with E-state index >= 15 is 0 Å². The molecule has 0 fully saturated rings. The van der Waals surface area contributed by atoms with Crippen molar-refractivity contribution in [2.24, 2.45) is 5.73 Å². The molecule has 1 aromatic heterocycles. The minimum atomic E-state index is -0.00633. The Bertz CT molecular complexity index is 355. The van der Waals surface area contributed by atoms with Crippen molar-refractivity contribution >= 4 is 11.7 Å². The molecule has 6 heteroatoms. The predicted molar refractivity (Wildman–Crippen MR) is 62.8 cm³/mol. The van der Waals surface area contributed by atoms with E-state index in [0.717, 1.165) is 0 Å². The number of nitrogen functional groups attached to an aromatic ring is 1. The van der Waals surface area contributed by atoms with Gasteiger partial charge in [0, 0.05) is 20.2 Å². The van der Waals surface area contributed by atoms with Gasteiger partial charge in [0.1, 0.15) is 5.84 Å². The lowest BCUT2D eigenvalue weighted by Crippen LogP contribution is -2.27. The second-order valence-electron chi connectivity index (χ2n) is 3.30. The number of amidine groups is 1. The maximum Gasteiger partial charge on any atom is 0.162 e. The maximum absolute atomic E-state index is 7.43. The van der Waals surface area contributed by atoms with Gasteiger partial charge >= 0.3 is 0 Å². The first kappa shape index (κ1) is 12.4. The van der Waals surface area contributed by atoms with Crippen LogP contribution in [0.25, 0.3) is 0 Å². The summed E-state index contributed by atoms with van der Waals surface area (Å²) in [6.07, 6.45) is 1.52. The molecule has 0 amide bonds. The van der Waals surface area contributed by atoms with Crippen LogP contribution >= 0.6 is 0 Å². The summed E-state index contributed by atoms with van der Waals surface area (Å²) in [6, 6.07) is 1.68. The third kappa shape index (κ3) is 3.16. The highest BCUT2D eigenvalue weighted by Crippen LogP contribution is 2.13. The minimum Gasteiger partial charge on any atom is -0.384 e. The first-order chi connectivity index (χ1) is 7.66. The summed E-state index contributed by atoms with van der Waals surface area (Å²) in [5, 5.41) is 15.2. The quantitative estimate of drug-likeness (QED) is 0.409. The van der Waals surface area contributed by atoms with Crippen LogP contribution in [0.15, 0.2) is 12.3 Å². The van der Waals surface area contributed by atoms with Crippen molar-refractivity contribution in [3.8, 4) is 0 Å². The summed E-state index contributed by atoms with van der Waals surface area (Å²) in [6.45, 7) is 3.94. The predicted octanol–water partition coefficient (Wildman–Crippen LogP) is 0.233. The van der Waals surface area contributed by atoms with Crippen LogP contribution in [-0.4, -0.2) is 42.8 Å². The monoisotopic (exact) mass is 223 g/mol. The molecule has 16 heavy (non-hydrogen) atoms. The molecule has 0 aliphatic rings. The molecule has 0 aliphatic carbocycles. The van der Waals surface area contributed by atoms with Gasteiger partial charge in [-0.05, 0) is 13.0 Å². The van der Waals surface area contributed by atoms with Crippen LogP contribution in [0.1, 0.15) is 12.5 Å². The van der Waals surface area contributed by atoms with Crippen molar-refractivity contribution in [2.75, 3.05) is 31.7 Å². The van der Waals surface area contributed by atoms with E-state index < -0.39 is 0 Å². The smallest absolute Gasteiger partial charge is 0.162 e. The lowest BCUT2D eigenvalue weighted by atomic mass is 10.2. The van der Waals surface area contributed by atoms with Gasteiger partial charge in [-0.1, -0.05) is 0 Å². The van der Waals surface area contributed by atoms with Gasteiger partial charge in [-0.15, -0.1) is 5.10 Å². The van der Waals surface area contributed by atoms with E-state index in [-0.39, 0.29) is 5.84 Å². The standard InChI is InChI=1S/C10H17N5O/c1-3-16-7-6-15(2)10-8(9(11)12)4-5-13-14-10/h4-5H,3,6-7H2,1-2H3,(H3,11,12). The number of ether oxygens (including phenoxy) is 1. The topological polar surface area (TPSA) is 88.1 Å². The number of rotatable bonds is 6. The van der Waals surface area contributed by atoms with Crippen molar-refractivity contribution in [1.82, 2.24) is 10.2 Å². The fourth-order valence-electron chi connectivity index (χ4n) is 1.27. The summed E-state index contributed by atoms with van der Waals surface area (Å²) in [7, 11) is 1.87. The highest BCUT2D eigenvalue weighted by atomic mass is 16.5. The van der Waals surface area contributed by atoms with Gasteiger partial charge in [0.25, 0.3) is 0 Å². The van der Waals surface area contributed by atoms with E-state index in [1.165, 1.54) is 6.20 Å². The van der Waals surface area contributed by atoms with Gasteiger partial charge in [-0.2, -0.15) is 5.10 Å². The summed E-state index contributed by atoms with van der Waals surface area (Å²) < 4.78 is 5.25. The third-order valence-electron chi connectivity index (χ3n) is 2.13. The van der Waals surface area contributed by atoms with Crippen LogP contribution in [0.4, 0.5) is 5.82 Å². The molecule has 3 N–H and O–H groups in total. The Hall–Kier alpha value is -1.69. The fraction of sp³-hybridized carbons (Fsp3) is 0.500. The van der Waals surface area contributed by atoms with Gasteiger partial charge in [0.05, 0.1) is 18.4 Å². The summed E-state index contributed by atoms with van der Waals surface area (Å²) in [4.78, 5) is 1.87. The van der Waals surface area contributed by atoms with E-state index in [9.17, 15) is 0 Å². The Labute approximate surface area is 94.9 Å². The molecule has 0 saturated carbocycles. The second kappa shape index (κ2) is 6.02. The molecule has 1 rings (SSSR count). The second-order valence-corrected chi connectivity index (χ2v) is 3.30. The van der Waals surface area contributed by atoms with Crippen molar-refractivity contribution in [2.45, 2.75) is 6.92 Å². The van der Waals surface area contributed by atoms with Crippen LogP contribution in [0, 0.1) is 5.41 Å². The molecule has 0 atom stereocenters. The molecule has 88 valence electrons.